The molecule has 0 bridgehead atoms. The second-order valence-electron chi connectivity index (χ2n) is 3.99. The maximum absolute atomic E-state index is 10.9. The molecule has 98 valence electrons. The van der Waals surface area contributed by atoms with Crippen LogP contribution in [0.4, 0.5) is 5.82 Å². The van der Waals surface area contributed by atoms with Crippen molar-refractivity contribution < 1.29 is 9.90 Å². The molecule has 0 amide bonds. The van der Waals surface area contributed by atoms with Gasteiger partial charge in [0, 0.05) is 24.6 Å². The second kappa shape index (κ2) is 5.67. The highest BCUT2D eigenvalue weighted by atomic mass is 35.5. The molecule has 0 atom stereocenters. The minimum atomic E-state index is -1.08. The molecule has 0 spiro atoms. The molecule has 0 unspecified atom stereocenters. The minimum Gasteiger partial charge on any atom is -0.478 e. The van der Waals surface area contributed by atoms with E-state index in [9.17, 15) is 4.79 Å². The number of nitrogens with one attached hydrogen (secondary N) is 1. The number of hydrogen-bond donors (Lipinski definition) is 2. The molecular weight excluding hydrogens is 266 g/mol. The second-order valence-corrected chi connectivity index (χ2v) is 4.37. The molecule has 0 aliphatic rings. The van der Waals surface area contributed by atoms with Crippen molar-refractivity contribution in [1.82, 2.24) is 9.97 Å². The van der Waals surface area contributed by atoms with Gasteiger partial charge >= 0.3 is 5.97 Å². The summed E-state index contributed by atoms with van der Waals surface area (Å²) in [4.78, 5) is 19.1. The third kappa shape index (κ3) is 3.20. The maximum Gasteiger partial charge on any atom is 0.337 e. The van der Waals surface area contributed by atoms with Gasteiger partial charge in [0.25, 0.3) is 0 Å². The van der Waals surface area contributed by atoms with Gasteiger partial charge in [-0.2, -0.15) is 0 Å². The summed E-state index contributed by atoms with van der Waals surface area (Å²) in [5, 5.41) is 12.1. The fourth-order valence-corrected chi connectivity index (χ4v) is 1.78. The predicted molar refractivity (Wildman–Crippen MR) is 72.5 cm³/mol. The number of carboxylic acid groups (broad SMARTS) is 1. The Bertz CT molecular complexity index is 599. The quantitative estimate of drug-likeness (QED) is 0.899. The molecule has 19 heavy (non-hydrogen) atoms. The number of pyridine rings is 2. The van der Waals surface area contributed by atoms with Crippen molar-refractivity contribution in [2.24, 2.45) is 0 Å². The fraction of sp³-hybridized carbons (Fsp3) is 0.154. The Kier molecular flexibility index (Phi) is 3.97. The van der Waals surface area contributed by atoms with E-state index in [2.05, 4.69) is 15.3 Å². The number of aromatic nitrogens is 2. The van der Waals surface area contributed by atoms with Crippen LogP contribution in [-0.2, 0) is 6.54 Å². The van der Waals surface area contributed by atoms with Gasteiger partial charge in [-0.05, 0) is 24.6 Å². The van der Waals surface area contributed by atoms with Crippen molar-refractivity contribution in [2.75, 3.05) is 5.32 Å². The van der Waals surface area contributed by atoms with E-state index in [0.717, 1.165) is 11.3 Å². The monoisotopic (exact) mass is 277 g/mol. The lowest BCUT2D eigenvalue weighted by Crippen LogP contribution is -2.06. The Labute approximate surface area is 115 Å². The molecule has 5 nitrogen and oxygen atoms in total. The Morgan fingerprint density at radius 3 is 2.79 bits per heavy atom. The molecule has 0 aliphatic carbocycles. The Balaban J connectivity index is 2.13. The highest BCUT2D eigenvalue weighted by molar-refractivity contribution is 6.35. The topological polar surface area (TPSA) is 75.1 Å². The molecular formula is C13H12ClN3O2. The van der Waals surface area contributed by atoms with Gasteiger partial charge in [0.1, 0.15) is 5.82 Å². The van der Waals surface area contributed by atoms with Gasteiger partial charge in [0.2, 0.25) is 0 Å². The third-order valence-corrected chi connectivity index (χ3v) is 2.93. The summed E-state index contributed by atoms with van der Waals surface area (Å²) in [6.07, 6.45) is 3.16. The number of aromatic carboxylic acids is 1. The summed E-state index contributed by atoms with van der Waals surface area (Å²) >= 11 is 5.97. The van der Waals surface area contributed by atoms with Crippen LogP contribution in [-0.4, -0.2) is 21.0 Å². The van der Waals surface area contributed by atoms with Crippen LogP contribution in [0.25, 0.3) is 0 Å². The number of rotatable bonds is 4. The molecule has 0 aliphatic heterocycles. The van der Waals surface area contributed by atoms with E-state index in [1.165, 1.54) is 12.3 Å². The van der Waals surface area contributed by atoms with E-state index >= 15 is 0 Å². The van der Waals surface area contributed by atoms with Crippen molar-refractivity contribution in [3.05, 3.63) is 52.4 Å². The Morgan fingerprint density at radius 1 is 1.37 bits per heavy atom. The first-order valence-electron chi connectivity index (χ1n) is 5.61. The molecule has 0 fully saturated rings. The molecule has 2 aromatic heterocycles. The van der Waals surface area contributed by atoms with E-state index in [-0.39, 0.29) is 10.6 Å². The summed E-state index contributed by atoms with van der Waals surface area (Å²) in [6, 6.07) is 5.20. The zero-order valence-electron chi connectivity index (χ0n) is 10.2. The van der Waals surface area contributed by atoms with Crippen LogP contribution in [0, 0.1) is 6.92 Å². The van der Waals surface area contributed by atoms with Crippen molar-refractivity contribution in [3.63, 3.8) is 0 Å². The average molecular weight is 278 g/mol. The fourth-order valence-electron chi connectivity index (χ4n) is 1.52. The standard InChI is InChI=1S/C13H12ClN3O2/c1-8-2-3-9(6-16-8)7-17-12-11(14)10(13(18)19)4-5-15-12/h2-6H,7H2,1H3,(H,15,17)(H,18,19). The predicted octanol–water partition coefficient (Wildman–Crippen LogP) is 2.75. The molecule has 0 radical (unpaired) electrons. The molecule has 0 saturated heterocycles. The summed E-state index contributed by atoms with van der Waals surface area (Å²) in [6.45, 7) is 2.38. The van der Waals surface area contributed by atoms with Crippen molar-refractivity contribution in [2.45, 2.75) is 13.5 Å². The first kappa shape index (κ1) is 13.3. The average Bonchev–Trinajstić information content (AvgIpc) is 2.39. The number of carbonyl (C=O) groups is 1. The van der Waals surface area contributed by atoms with Crippen LogP contribution in [0.15, 0.2) is 30.6 Å². The van der Waals surface area contributed by atoms with Crippen LogP contribution >= 0.6 is 11.6 Å². The number of anilines is 1. The lowest BCUT2D eigenvalue weighted by atomic mass is 10.2. The van der Waals surface area contributed by atoms with Crippen LogP contribution in [0.2, 0.25) is 5.02 Å². The van der Waals surface area contributed by atoms with Gasteiger partial charge < -0.3 is 10.4 Å². The molecule has 0 aromatic carbocycles. The molecule has 0 saturated carbocycles. The van der Waals surface area contributed by atoms with E-state index in [0.29, 0.717) is 12.4 Å². The SMILES string of the molecule is Cc1ccc(CNc2nccc(C(=O)O)c2Cl)cn1. The molecule has 2 rings (SSSR count). The number of halogens is 1. The van der Waals surface area contributed by atoms with E-state index in [1.54, 1.807) is 6.20 Å². The molecule has 2 aromatic rings. The van der Waals surface area contributed by atoms with Crippen LogP contribution in [0.1, 0.15) is 21.6 Å². The smallest absolute Gasteiger partial charge is 0.337 e. The normalized spacial score (nSPS) is 10.2. The zero-order valence-corrected chi connectivity index (χ0v) is 11.0. The number of carboxylic acids is 1. The van der Waals surface area contributed by atoms with E-state index in [4.69, 9.17) is 16.7 Å². The lowest BCUT2D eigenvalue weighted by Gasteiger charge is -2.08. The largest absolute Gasteiger partial charge is 0.478 e. The van der Waals surface area contributed by atoms with Gasteiger partial charge in [-0.15, -0.1) is 0 Å². The van der Waals surface area contributed by atoms with Crippen molar-refractivity contribution in [1.29, 1.82) is 0 Å². The summed E-state index contributed by atoms with van der Waals surface area (Å²) in [5.74, 6) is -0.727. The number of nitrogens with zero attached hydrogens (tertiary/aromatic N) is 2. The molecule has 2 N–H and O–H groups in total. The van der Waals surface area contributed by atoms with E-state index in [1.807, 2.05) is 19.1 Å². The van der Waals surface area contributed by atoms with Gasteiger partial charge in [-0.1, -0.05) is 17.7 Å². The zero-order chi connectivity index (χ0) is 13.8. The van der Waals surface area contributed by atoms with Gasteiger partial charge in [0.15, 0.2) is 0 Å². The first-order valence-corrected chi connectivity index (χ1v) is 5.99. The third-order valence-electron chi connectivity index (χ3n) is 2.55. The van der Waals surface area contributed by atoms with Crippen molar-refractivity contribution in [3.8, 4) is 0 Å². The first-order chi connectivity index (χ1) is 9.08. The summed E-state index contributed by atoms with van der Waals surface area (Å²) < 4.78 is 0. The Hall–Kier alpha value is -2.14. The number of aryl methyl sites for hydroxylation is 1. The highest BCUT2D eigenvalue weighted by Crippen LogP contribution is 2.23. The van der Waals surface area contributed by atoms with Gasteiger partial charge in [-0.3, -0.25) is 4.98 Å². The van der Waals surface area contributed by atoms with Crippen LogP contribution < -0.4 is 5.32 Å². The van der Waals surface area contributed by atoms with Crippen LogP contribution in [0.5, 0.6) is 0 Å². The molecule has 2 heterocycles. The van der Waals surface area contributed by atoms with Crippen molar-refractivity contribution >= 4 is 23.4 Å². The van der Waals surface area contributed by atoms with E-state index < -0.39 is 5.97 Å². The summed E-state index contributed by atoms with van der Waals surface area (Å²) in [5.41, 5.74) is 1.93. The number of hydrogen-bond acceptors (Lipinski definition) is 4. The lowest BCUT2D eigenvalue weighted by molar-refractivity contribution is 0.0697. The highest BCUT2D eigenvalue weighted by Gasteiger charge is 2.12. The maximum atomic E-state index is 10.9. The minimum absolute atomic E-state index is 0.0289. The summed E-state index contributed by atoms with van der Waals surface area (Å²) in [7, 11) is 0. The Morgan fingerprint density at radius 2 is 2.16 bits per heavy atom. The van der Waals surface area contributed by atoms with Crippen LogP contribution in [0.3, 0.4) is 0 Å². The van der Waals surface area contributed by atoms with Gasteiger partial charge in [0.05, 0.1) is 10.6 Å². The van der Waals surface area contributed by atoms with Gasteiger partial charge in [-0.25, -0.2) is 9.78 Å². The molecule has 6 heteroatoms.